The molecule has 0 aliphatic heterocycles. The molecule has 0 saturated carbocycles. The summed E-state index contributed by atoms with van der Waals surface area (Å²) in [4.78, 5) is 12.4. The summed E-state index contributed by atoms with van der Waals surface area (Å²) < 4.78 is 22.2. The third-order valence-corrected chi connectivity index (χ3v) is 4.10. The van der Waals surface area contributed by atoms with Gasteiger partial charge in [-0.1, -0.05) is 26.0 Å². The first-order chi connectivity index (χ1) is 12.0. The number of hydrogen-bond donors (Lipinski definition) is 1. The maximum Gasteiger partial charge on any atom is 0.276 e. The molecule has 0 aliphatic rings. The molecule has 2 rings (SSSR count). The SMILES string of the molecule is C.CCCNC.CCn1c(Cl)c(-c2ccc(OC)cc2F)c(=O)n1CC. The molecular formula is C19H31ClFN3O2. The highest BCUT2D eigenvalue weighted by Gasteiger charge is 2.21. The van der Waals surface area contributed by atoms with Gasteiger partial charge in [0.25, 0.3) is 5.56 Å². The van der Waals surface area contributed by atoms with Crippen LogP contribution in [-0.2, 0) is 13.1 Å². The molecule has 1 N–H and O–H groups in total. The predicted octanol–water partition coefficient (Wildman–Crippen LogP) is 4.41. The standard InChI is InChI=1S/C14H16ClFN2O2.C4H11N.CH4/c1-4-17-13(15)12(14(19)18(17)5-2)10-7-6-9(20-3)8-11(10)16;1-3-4-5-2;/h6-8H,4-5H2,1-3H3;5H,3-4H2,1-2H3;1H4. The van der Waals surface area contributed by atoms with Crippen LogP contribution >= 0.6 is 11.6 Å². The van der Waals surface area contributed by atoms with Crippen LogP contribution in [0.2, 0.25) is 5.15 Å². The quantitative estimate of drug-likeness (QED) is 0.798. The summed E-state index contributed by atoms with van der Waals surface area (Å²) in [6, 6.07) is 4.36. The van der Waals surface area contributed by atoms with E-state index in [1.807, 2.05) is 20.9 Å². The molecular weight excluding hydrogens is 357 g/mol. The van der Waals surface area contributed by atoms with E-state index in [4.69, 9.17) is 16.3 Å². The molecule has 0 atom stereocenters. The van der Waals surface area contributed by atoms with E-state index in [0.29, 0.717) is 18.8 Å². The Morgan fingerprint density at radius 1 is 1.19 bits per heavy atom. The van der Waals surface area contributed by atoms with Crippen molar-refractivity contribution < 1.29 is 9.13 Å². The Bertz CT molecular complexity index is 739. The van der Waals surface area contributed by atoms with Crippen molar-refractivity contribution in [3.63, 3.8) is 0 Å². The van der Waals surface area contributed by atoms with Gasteiger partial charge in [-0.25, -0.2) is 9.07 Å². The fraction of sp³-hybridized carbons (Fsp3) is 0.526. The largest absolute Gasteiger partial charge is 0.497 e. The van der Waals surface area contributed by atoms with Crippen molar-refractivity contribution in [2.24, 2.45) is 0 Å². The fourth-order valence-corrected chi connectivity index (χ4v) is 2.88. The molecule has 0 unspecified atom stereocenters. The lowest BCUT2D eigenvalue weighted by Crippen LogP contribution is -2.22. The van der Waals surface area contributed by atoms with E-state index < -0.39 is 5.82 Å². The molecule has 1 aromatic heterocycles. The third-order valence-electron chi connectivity index (χ3n) is 3.72. The van der Waals surface area contributed by atoms with Crippen molar-refractivity contribution in [2.75, 3.05) is 20.7 Å². The Hall–Kier alpha value is -1.79. The zero-order valence-electron chi connectivity index (χ0n) is 15.5. The van der Waals surface area contributed by atoms with Gasteiger partial charge in [0.05, 0.1) is 12.7 Å². The number of methoxy groups -OCH3 is 1. The van der Waals surface area contributed by atoms with Gasteiger partial charge in [0, 0.05) is 24.7 Å². The second kappa shape index (κ2) is 11.8. The summed E-state index contributed by atoms with van der Waals surface area (Å²) in [5.41, 5.74) is 0.0918. The lowest BCUT2D eigenvalue weighted by atomic mass is 10.1. The first kappa shape index (κ1) is 24.2. The molecule has 1 aromatic carbocycles. The average molecular weight is 388 g/mol. The van der Waals surface area contributed by atoms with Crippen LogP contribution in [0, 0.1) is 5.82 Å². The van der Waals surface area contributed by atoms with E-state index in [1.54, 1.807) is 10.7 Å². The Labute approximate surface area is 160 Å². The monoisotopic (exact) mass is 387 g/mol. The van der Waals surface area contributed by atoms with Crippen LogP contribution in [0.1, 0.15) is 34.6 Å². The first-order valence-corrected chi connectivity index (χ1v) is 8.82. The molecule has 0 spiro atoms. The molecule has 0 radical (unpaired) electrons. The summed E-state index contributed by atoms with van der Waals surface area (Å²) in [5.74, 6) is -0.132. The Morgan fingerprint density at radius 2 is 1.81 bits per heavy atom. The molecule has 0 aliphatic carbocycles. The van der Waals surface area contributed by atoms with Gasteiger partial charge < -0.3 is 10.1 Å². The number of nitrogens with one attached hydrogen (secondary N) is 1. The number of rotatable bonds is 6. The minimum Gasteiger partial charge on any atom is -0.497 e. The van der Waals surface area contributed by atoms with E-state index in [2.05, 4.69) is 12.2 Å². The zero-order valence-corrected chi connectivity index (χ0v) is 16.3. The van der Waals surface area contributed by atoms with E-state index >= 15 is 0 Å². The maximum absolute atomic E-state index is 14.1. The highest BCUT2D eigenvalue weighted by atomic mass is 35.5. The number of nitrogens with zero attached hydrogens (tertiary/aromatic N) is 2. The summed E-state index contributed by atoms with van der Waals surface area (Å²) in [7, 11) is 3.42. The smallest absolute Gasteiger partial charge is 0.276 e. The average Bonchev–Trinajstić information content (AvgIpc) is 2.85. The van der Waals surface area contributed by atoms with Crippen LogP contribution in [-0.4, -0.2) is 30.1 Å². The van der Waals surface area contributed by atoms with Crippen molar-refractivity contribution in [1.82, 2.24) is 14.7 Å². The summed E-state index contributed by atoms with van der Waals surface area (Å²) in [5, 5.41) is 3.27. The van der Waals surface area contributed by atoms with Gasteiger partial charge in [-0.05, 0) is 46.0 Å². The van der Waals surface area contributed by atoms with Gasteiger partial charge in [0.2, 0.25) is 0 Å². The van der Waals surface area contributed by atoms with Crippen LogP contribution < -0.4 is 15.6 Å². The van der Waals surface area contributed by atoms with Crippen LogP contribution in [0.3, 0.4) is 0 Å². The van der Waals surface area contributed by atoms with E-state index in [0.717, 1.165) is 6.54 Å². The number of ether oxygens (including phenoxy) is 1. The maximum atomic E-state index is 14.1. The normalized spacial score (nSPS) is 9.96. The molecule has 0 saturated heterocycles. The van der Waals surface area contributed by atoms with Gasteiger partial charge in [0.15, 0.2) is 0 Å². The molecule has 5 nitrogen and oxygen atoms in total. The third kappa shape index (κ3) is 5.35. The zero-order chi connectivity index (χ0) is 19.0. The van der Waals surface area contributed by atoms with Gasteiger partial charge in [-0.15, -0.1) is 0 Å². The van der Waals surface area contributed by atoms with Crippen molar-refractivity contribution in [3.05, 3.63) is 39.5 Å². The van der Waals surface area contributed by atoms with Crippen LogP contribution in [0.4, 0.5) is 4.39 Å². The molecule has 2 aromatic rings. The van der Waals surface area contributed by atoms with E-state index in [-0.39, 0.29) is 29.3 Å². The predicted molar refractivity (Wildman–Crippen MR) is 108 cm³/mol. The van der Waals surface area contributed by atoms with Crippen LogP contribution in [0.15, 0.2) is 23.0 Å². The number of halogens is 2. The molecule has 0 fully saturated rings. The van der Waals surface area contributed by atoms with Gasteiger partial charge in [-0.3, -0.25) is 9.48 Å². The highest BCUT2D eigenvalue weighted by Crippen LogP contribution is 2.29. The van der Waals surface area contributed by atoms with Gasteiger partial charge in [-0.2, -0.15) is 0 Å². The van der Waals surface area contributed by atoms with Crippen LogP contribution in [0.5, 0.6) is 5.75 Å². The minimum absolute atomic E-state index is 0. The topological polar surface area (TPSA) is 48.2 Å². The minimum atomic E-state index is -0.528. The van der Waals surface area contributed by atoms with Crippen molar-refractivity contribution >= 4 is 11.6 Å². The Morgan fingerprint density at radius 3 is 2.15 bits per heavy atom. The van der Waals surface area contributed by atoms with Crippen molar-refractivity contribution in [3.8, 4) is 16.9 Å². The first-order valence-electron chi connectivity index (χ1n) is 8.44. The van der Waals surface area contributed by atoms with Crippen molar-refractivity contribution in [1.29, 1.82) is 0 Å². The van der Waals surface area contributed by atoms with E-state index in [1.165, 1.54) is 30.3 Å². The van der Waals surface area contributed by atoms with Crippen molar-refractivity contribution in [2.45, 2.75) is 47.7 Å². The van der Waals surface area contributed by atoms with Gasteiger partial charge in [0.1, 0.15) is 16.7 Å². The lowest BCUT2D eigenvalue weighted by molar-refractivity contribution is 0.411. The molecule has 0 bridgehead atoms. The molecule has 148 valence electrons. The lowest BCUT2D eigenvalue weighted by Gasteiger charge is -2.07. The molecule has 1 heterocycles. The fourth-order valence-electron chi connectivity index (χ4n) is 2.49. The Balaban J connectivity index is 0.000000923. The molecule has 0 amide bonds. The highest BCUT2D eigenvalue weighted by molar-refractivity contribution is 6.32. The summed E-state index contributed by atoms with van der Waals surface area (Å²) in [6.45, 7) is 8.03. The number of aromatic nitrogens is 2. The summed E-state index contributed by atoms with van der Waals surface area (Å²) >= 11 is 6.24. The van der Waals surface area contributed by atoms with Gasteiger partial charge >= 0.3 is 0 Å². The Kier molecular flexibility index (Phi) is 10.9. The molecule has 26 heavy (non-hydrogen) atoms. The summed E-state index contributed by atoms with van der Waals surface area (Å²) in [6.07, 6.45) is 1.23. The van der Waals surface area contributed by atoms with E-state index in [9.17, 15) is 9.18 Å². The van der Waals surface area contributed by atoms with Crippen LogP contribution in [0.25, 0.3) is 11.1 Å². The molecule has 7 heteroatoms. The number of hydrogen-bond acceptors (Lipinski definition) is 3. The second-order valence-corrected chi connectivity index (χ2v) is 5.71. The second-order valence-electron chi connectivity index (χ2n) is 5.35. The number of benzene rings is 1.